The first-order valence-electron chi connectivity index (χ1n) is 5.31. The minimum atomic E-state index is -2.72. The van der Waals surface area contributed by atoms with E-state index in [-0.39, 0.29) is 40.9 Å². The summed E-state index contributed by atoms with van der Waals surface area (Å²) in [4.78, 5) is 15.2. The largest absolute Gasteiger partial charge is 0.466 e. The van der Waals surface area contributed by atoms with Crippen molar-refractivity contribution in [3.05, 3.63) is 27.5 Å². The van der Waals surface area contributed by atoms with Crippen molar-refractivity contribution in [2.75, 3.05) is 6.61 Å². The number of nitrogens with zero attached hydrogens (tertiary/aromatic N) is 1. The molecular formula is C11H13BrF2N2O2. The number of alkyl halides is 2. The molecule has 0 bridgehead atoms. The standard InChI is InChI=1S/C11H13BrF2N2O2/c1-2-18-8(17)3-6-5-16-10(12)7(4-15)9(6)11(13)14/h5,11H,2-4,15H2,1H3. The molecule has 0 fully saturated rings. The molecule has 1 heterocycles. The van der Waals surface area contributed by atoms with Gasteiger partial charge in [0, 0.05) is 23.9 Å². The van der Waals surface area contributed by atoms with Crippen molar-refractivity contribution >= 4 is 21.9 Å². The Balaban J connectivity index is 3.15. The quantitative estimate of drug-likeness (QED) is 0.667. The predicted molar refractivity (Wildman–Crippen MR) is 65.1 cm³/mol. The fraction of sp³-hybridized carbons (Fsp3) is 0.455. The van der Waals surface area contributed by atoms with E-state index in [1.165, 1.54) is 6.20 Å². The molecule has 0 aliphatic heterocycles. The molecule has 0 aliphatic carbocycles. The Kier molecular flexibility index (Phi) is 5.61. The van der Waals surface area contributed by atoms with Gasteiger partial charge in [-0.3, -0.25) is 4.79 Å². The number of nitrogens with two attached hydrogens (primary N) is 1. The third kappa shape index (κ3) is 3.46. The minimum absolute atomic E-state index is 0.0794. The van der Waals surface area contributed by atoms with Crippen LogP contribution in [0.15, 0.2) is 10.8 Å². The van der Waals surface area contributed by atoms with Gasteiger partial charge in [0.05, 0.1) is 13.0 Å². The first-order valence-corrected chi connectivity index (χ1v) is 6.10. The van der Waals surface area contributed by atoms with Crippen LogP contribution in [0, 0.1) is 0 Å². The zero-order valence-corrected chi connectivity index (χ0v) is 11.3. The van der Waals surface area contributed by atoms with E-state index in [1.54, 1.807) is 6.92 Å². The van der Waals surface area contributed by atoms with E-state index in [9.17, 15) is 13.6 Å². The summed E-state index contributed by atoms with van der Waals surface area (Å²) in [6.07, 6.45) is -1.71. The summed E-state index contributed by atoms with van der Waals surface area (Å²) in [6, 6.07) is 0. The zero-order valence-electron chi connectivity index (χ0n) is 9.75. The van der Waals surface area contributed by atoms with Crippen LogP contribution in [-0.4, -0.2) is 17.6 Å². The Morgan fingerprint density at radius 1 is 1.61 bits per heavy atom. The maximum absolute atomic E-state index is 13.0. The normalized spacial score (nSPS) is 10.8. The molecule has 0 saturated heterocycles. The van der Waals surface area contributed by atoms with Crippen LogP contribution in [0.25, 0.3) is 0 Å². The van der Waals surface area contributed by atoms with E-state index >= 15 is 0 Å². The summed E-state index contributed by atoms with van der Waals surface area (Å²) < 4.78 is 31.1. The van der Waals surface area contributed by atoms with Gasteiger partial charge >= 0.3 is 5.97 Å². The summed E-state index contributed by atoms with van der Waals surface area (Å²) in [5, 5.41) is 0. The molecule has 1 aromatic rings. The Bertz CT molecular complexity index is 441. The van der Waals surface area contributed by atoms with Crippen molar-refractivity contribution in [3.63, 3.8) is 0 Å². The molecule has 0 aromatic carbocycles. The van der Waals surface area contributed by atoms with E-state index in [0.29, 0.717) is 0 Å². The zero-order chi connectivity index (χ0) is 13.7. The summed E-state index contributed by atoms with van der Waals surface area (Å²) in [5.74, 6) is -0.563. The molecule has 2 N–H and O–H groups in total. The van der Waals surface area contributed by atoms with Crippen molar-refractivity contribution in [3.8, 4) is 0 Å². The van der Waals surface area contributed by atoms with Crippen LogP contribution < -0.4 is 5.73 Å². The van der Waals surface area contributed by atoms with Crippen LogP contribution in [0.2, 0.25) is 0 Å². The van der Waals surface area contributed by atoms with Crippen LogP contribution in [-0.2, 0) is 22.5 Å². The Morgan fingerprint density at radius 2 is 2.28 bits per heavy atom. The average molecular weight is 323 g/mol. The van der Waals surface area contributed by atoms with Crippen molar-refractivity contribution < 1.29 is 18.3 Å². The number of halogens is 3. The van der Waals surface area contributed by atoms with Gasteiger partial charge < -0.3 is 10.5 Å². The number of ether oxygens (including phenoxy) is 1. The number of hydrogen-bond donors (Lipinski definition) is 1. The summed E-state index contributed by atoms with van der Waals surface area (Å²) in [6.45, 7) is 1.78. The van der Waals surface area contributed by atoms with Crippen LogP contribution in [0.3, 0.4) is 0 Å². The number of rotatable bonds is 5. The van der Waals surface area contributed by atoms with Gasteiger partial charge in [-0.05, 0) is 28.4 Å². The van der Waals surface area contributed by atoms with Gasteiger partial charge in [-0.1, -0.05) is 0 Å². The maximum atomic E-state index is 13.0. The van der Waals surface area contributed by atoms with Crippen molar-refractivity contribution in [2.24, 2.45) is 5.73 Å². The number of aromatic nitrogens is 1. The number of hydrogen-bond acceptors (Lipinski definition) is 4. The fourth-order valence-corrected chi connectivity index (χ4v) is 2.04. The average Bonchev–Trinajstić information content (AvgIpc) is 2.30. The molecule has 0 amide bonds. The highest BCUT2D eigenvalue weighted by atomic mass is 79.9. The van der Waals surface area contributed by atoms with Gasteiger partial charge in [0.1, 0.15) is 4.60 Å². The molecule has 4 nitrogen and oxygen atoms in total. The van der Waals surface area contributed by atoms with Gasteiger partial charge in [-0.2, -0.15) is 0 Å². The van der Waals surface area contributed by atoms with Gasteiger partial charge in [0.15, 0.2) is 0 Å². The number of carbonyl (C=O) groups is 1. The van der Waals surface area contributed by atoms with Crippen molar-refractivity contribution in [2.45, 2.75) is 26.3 Å². The summed E-state index contributed by atoms with van der Waals surface area (Å²) in [7, 11) is 0. The Hall–Kier alpha value is -1.08. The molecular weight excluding hydrogens is 310 g/mol. The molecule has 100 valence electrons. The van der Waals surface area contributed by atoms with Crippen LogP contribution in [0.1, 0.15) is 30.0 Å². The molecule has 0 unspecified atom stereocenters. The number of carbonyl (C=O) groups excluding carboxylic acids is 1. The number of pyridine rings is 1. The number of esters is 1. The Morgan fingerprint density at radius 3 is 2.78 bits per heavy atom. The third-order valence-electron chi connectivity index (χ3n) is 2.32. The lowest BCUT2D eigenvalue weighted by molar-refractivity contribution is -0.142. The molecule has 1 rings (SSSR count). The second kappa shape index (κ2) is 6.75. The molecule has 7 heteroatoms. The lowest BCUT2D eigenvalue weighted by atomic mass is 10.0. The van der Waals surface area contributed by atoms with E-state index < -0.39 is 12.4 Å². The van der Waals surface area contributed by atoms with E-state index in [2.05, 4.69) is 20.9 Å². The van der Waals surface area contributed by atoms with E-state index in [0.717, 1.165) is 0 Å². The predicted octanol–water partition coefficient (Wildman–Crippen LogP) is 2.35. The second-order valence-corrected chi connectivity index (χ2v) is 4.20. The van der Waals surface area contributed by atoms with Gasteiger partial charge in [0.25, 0.3) is 6.43 Å². The van der Waals surface area contributed by atoms with Gasteiger partial charge in [0.2, 0.25) is 0 Å². The highest BCUT2D eigenvalue weighted by Gasteiger charge is 2.22. The smallest absolute Gasteiger partial charge is 0.310 e. The molecule has 0 saturated carbocycles. The van der Waals surface area contributed by atoms with E-state index in [1.807, 2.05) is 0 Å². The molecule has 0 radical (unpaired) electrons. The SMILES string of the molecule is CCOC(=O)Cc1cnc(Br)c(CN)c1C(F)F. The second-order valence-electron chi connectivity index (χ2n) is 3.45. The van der Waals surface area contributed by atoms with Gasteiger partial charge in [-0.25, -0.2) is 13.8 Å². The van der Waals surface area contributed by atoms with E-state index in [4.69, 9.17) is 10.5 Å². The fourth-order valence-electron chi connectivity index (χ4n) is 1.56. The van der Waals surface area contributed by atoms with Gasteiger partial charge in [-0.15, -0.1) is 0 Å². The lowest BCUT2D eigenvalue weighted by Gasteiger charge is -2.13. The topological polar surface area (TPSA) is 65.2 Å². The monoisotopic (exact) mass is 322 g/mol. The molecule has 0 spiro atoms. The first-order chi connectivity index (χ1) is 8.51. The maximum Gasteiger partial charge on any atom is 0.310 e. The molecule has 0 atom stereocenters. The summed E-state index contributed by atoms with van der Waals surface area (Å²) in [5.41, 5.74) is 5.55. The lowest BCUT2D eigenvalue weighted by Crippen LogP contribution is -2.13. The highest BCUT2D eigenvalue weighted by Crippen LogP contribution is 2.30. The molecule has 1 aromatic heterocycles. The van der Waals surface area contributed by atoms with Crippen LogP contribution >= 0.6 is 15.9 Å². The van der Waals surface area contributed by atoms with Crippen molar-refractivity contribution in [1.29, 1.82) is 0 Å². The molecule has 0 aliphatic rings. The van der Waals surface area contributed by atoms with Crippen LogP contribution in [0.5, 0.6) is 0 Å². The molecule has 18 heavy (non-hydrogen) atoms. The Labute approximate surface area is 112 Å². The summed E-state index contributed by atoms with van der Waals surface area (Å²) >= 11 is 3.07. The minimum Gasteiger partial charge on any atom is -0.466 e. The first kappa shape index (κ1) is 15.0. The van der Waals surface area contributed by atoms with Crippen molar-refractivity contribution in [1.82, 2.24) is 4.98 Å². The third-order valence-corrected chi connectivity index (χ3v) is 3.00. The highest BCUT2D eigenvalue weighted by molar-refractivity contribution is 9.10. The van der Waals surface area contributed by atoms with Crippen LogP contribution in [0.4, 0.5) is 8.78 Å².